The summed E-state index contributed by atoms with van der Waals surface area (Å²) in [6, 6.07) is 0. The molecule has 0 radical (unpaired) electrons. The second-order valence-electron chi connectivity index (χ2n) is 6.11. The summed E-state index contributed by atoms with van der Waals surface area (Å²) in [5, 5.41) is 13.1. The summed E-state index contributed by atoms with van der Waals surface area (Å²) in [4.78, 5) is 0. The van der Waals surface area contributed by atoms with E-state index in [2.05, 4.69) is 5.32 Å². The molecule has 2 nitrogen and oxygen atoms in total. The molecule has 2 N–H and O–H groups in total. The lowest BCUT2D eigenvalue weighted by Gasteiger charge is -2.20. The first-order valence-corrected chi connectivity index (χ1v) is 6.49. The van der Waals surface area contributed by atoms with Crippen molar-refractivity contribution in [2.75, 3.05) is 13.1 Å². The Morgan fingerprint density at radius 1 is 1.20 bits per heavy atom. The van der Waals surface area contributed by atoms with Crippen molar-refractivity contribution in [1.29, 1.82) is 0 Å². The molecule has 0 bridgehead atoms. The highest BCUT2D eigenvalue weighted by Crippen LogP contribution is 2.48. The zero-order chi connectivity index (χ0) is 10.9. The predicted molar refractivity (Wildman–Crippen MR) is 62.7 cm³/mol. The van der Waals surface area contributed by atoms with Crippen LogP contribution in [0.1, 0.15) is 46.0 Å². The summed E-state index contributed by atoms with van der Waals surface area (Å²) in [5.74, 6) is 3.02. The van der Waals surface area contributed by atoms with Crippen LogP contribution in [0.3, 0.4) is 0 Å². The Balaban J connectivity index is 1.59. The van der Waals surface area contributed by atoms with E-state index >= 15 is 0 Å². The van der Waals surface area contributed by atoms with Crippen molar-refractivity contribution in [3.8, 4) is 0 Å². The third-order valence-corrected chi connectivity index (χ3v) is 3.75. The Morgan fingerprint density at radius 3 is 2.13 bits per heavy atom. The van der Waals surface area contributed by atoms with Crippen molar-refractivity contribution >= 4 is 0 Å². The van der Waals surface area contributed by atoms with Crippen molar-refractivity contribution in [3.05, 3.63) is 0 Å². The van der Waals surface area contributed by atoms with Crippen LogP contribution in [0.5, 0.6) is 0 Å². The number of hydrogen-bond acceptors (Lipinski definition) is 2. The van der Waals surface area contributed by atoms with E-state index in [4.69, 9.17) is 0 Å². The molecule has 2 aliphatic carbocycles. The van der Waals surface area contributed by atoms with Crippen molar-refractivity contribution < 1.29 is 5.11 Å². The molecular formula is C13H25NO. The zero-order valence-electron chi connectivity index (χ0n) is 10.1. The highest BCUT2D eigenvalue weighted by atomic mass is 16.3. The number of nitrogens with one attached hydrogen (secondary N) is 1. The molecule has 0 unspecified atom stereocenters. The molecule has 0 atom stereocenters. The van der Waals surface area contributed by atoms with Gasteiger partial charge in [0.1, 0.15) is 0 Å². The first-order chi connectivity index (χ1) is 7.06. The van der Waals surface area contributed by atoms with Gasteiger partial charge in [0.15, 0.2) is 0 Å². The normalized spacial score (nSPS) is 22.4. The van der Waals surface area contributed by atoms with Crippen LogP contribution >= 0.6 is 0 Å². The molecule has 15 heavy (non-hydrogen) atoms. The second kappa shape index (κ2) is 4.42. The minimum absolute atomic E-state index is 0.512. The topological polar surface area (TPSA) is 32.3 Å². The highest BCUT2D eigenvalue weighted by molar-refractivity contribution is 4.92. The fraction of sp³-hybridized carbons (Fsp3) is 1.00. The van der Waals surface area contributed by atoms with Gasteiger partial charge >= 0.3 is 0 Å². The van der Waals surface area contributed by atoms with Crippen molar-refractivity contribution in [3.63, 3.8) is 0 Å². The first kappa shape index (κ1) is 11.4. The summed E-state index contributed by atoms with van der Waals surface area (Å²) in [6.45, 7) is 5.91. The third-order valence-electron chi connectivity index (χ3n) is 3.75. The van der Waals surface area contributed by atoms with Crippen molar-refractivity contribution in [1.82, 2.24) is 5.32 Å². The van der Waals surface area contributed by atoms with E-state index in [1.165, 1.54) is 32.2 Å². The van der Waals surface area contributed by atoms with E-state index in [1.807, 2.05) is 13.8 Å². The fourth-order valence-corrected chi connectivity index (χ4v) is 2.43. The van der Waals surface area contributed by atoms with Gasteiger partial charge in [-0.25, -0.2) is 0 Å². The standard InChI is InChI=1S/C13H25NO/c1-13(2,15)7-8-14-9-12(10-3-4-10)11-5-6-11/h10-12,14-15H,3-9H2,1-2H3. The van der Waals surface area contributed by atoms with E-state index in [0.717, 1.165) is 30.7 Å². The number of hydrogen-bond donors (Lipinski definition) is 2. The van der Waals surface area contributed by atoms with Crippen LogP contribution in [-0.4, -0.2) is 23.8 Å². The van der Waals surface area contributed by atoms with Crippen molar-refractivity contribution in [2.45, 2.75) is 51.6 Å². The van der Waals surface area contributed by atoms with E-state index in [-0.39, 0.29) is 0 Å². The Morgan fingerprint density at radius 2 is 1.73 bits per heavy atom. The van der Waals surface area contributed by atoms with Crippen LogP contribution in [-0.2, 0) is 0 Å². The highest BCUT2D eigenvalue weighted by Gasteiger charge is 2.40. The molecular weight excluding hydrogens is 186 g/mol. The van der Waals surface area contributed by atoms with Gasteiger partial charge in [-0.1, -0.05) is 0 Å². The maximum atomic E-state index is 9.59. The lowest BCUT2D eigenvalue weighted by molar-refractivity contribution is 0.0707. The molecule has 0 aliphatic heterocycles. The third kappa shape index (κ3) is 4.12. The summed E-state index contributed by atoms with van der Waals surface area (Å²) in [7, 11) is 0. The fourth-order valence-electron chi connectivity index (χ4n) is 2.43. The molecule has 0 aromatic rings. The SMILES string of the molecule is CC(C)(O)CCNCC(C1CC1)C1CC1. The van der Waals surface area contributed by atoms with Crippen LogP contribution in [0.4, 0.5) is 0 Å². The summed E-state index contributed by atoms with van der Waals surface area (Å²) < 4.78 is 0. The van der Waals surface area contributed by atoms with Gasteiger partial charge in [-0.15, -0.1) is 0 Å². The van der Waals surface area contributed by atoms with Gasteiger partial charge < -0.3 is 10.4 Å². The average molecular weight is 211 g/mol. The predicted octanol–water partition coefficient (Wildman–Crippen LogP) is 2.17. The van der Waals surface area contributed by atoms with E-state index in [1.54, 1.807) is 0 Å². The lowest BCUT2D eigenvalue weighted by Crippen LogP contribution is -2.31. The van der Waals surface area contributed by atoms with E-state index < -0.39 is 5.60 Å². The van der Waals surface area contributed by atoms with Gasteiger partial charge in [0.25, 0.3) is 0 Å². The van der Waals surface area contributed by atoms with Gasteiger partial charge in [-0.05, 0) is 76.8 Å². The quantitative estimate of drug-likeness (QED) is 0.633. The molecule has 0 amide bonds. The Kier molecular flexibility index (Phi) is 3.36. The molecule has 2 heteroatoms. The van der Waals surface area contributed by atoms with Crippen molar-refractivity contribution in [2.24, 2.45) is 17.8 Å². The molecule has 0 aromatic heterocycles. The largest absolute Gasteiger partial charge is 0.390 e. The van der Waals surface area contributed by atoms with Crippen LogP contribution in [0, 0.1) is 17.8 Å². The van der Waals surface area contributed by atoms with Gasteiger partial charge in [-0.3, -0.25) is 0 Å². The first-order valence-electron chi connectivity index (χ1n) is 6.49. The molecule has 0 saturated heterocycles. The summed E-state index contributed by atoms with van der Waals surface area (Å²) in [5.41, 5.74) is -0.512. The van der Waals surface area contributed by atoms with Gasteiger partial charge in [0.05, 0.1) is 5.60 Å². The van der Waals surface area contributed by atoms with Gasteiger partial charge in [0.2, 0.25) is 0 Å². The van der Waals surface area contributed by atoms with Crippen LogP contribution < -0.4 is 5.32 Å². The van der Waals surface area contributed by atoms with Gasteiger partial charge in [0, 0.05) is 0 Å². The molecule has 2 rings (SSSR count). The molecule has 88 valence electrons. The number of aliphatic hydroxyl groups is 1. The second-order valence-corrected chi connectivity index (χ2v) is 6.11. The van der Waals surface area contributed by atoms with E-state index in [0.29, 0.717) is 0 Å². The summed E-state index contributed by atoms with van der Waals surface area (Å²) in [6.07, 6.45) is 6.72. The van der Waals surface area contributed by atoms with E-state index in [9.17, 15) is 5.11 Å². The van der Waals surface area contributed by atoms with Crippen LogP contribution in [0.15, 0.2) is 0 Å². The monoisotopic (exact) mass is 211 g/mol. The maximum absolute atomic E-state index is 9.59. The van der Waals surface area contributed by atoms with Gasteiger partial charge in [-0.2, -0.15) is 0 Å². The molecule has 0 aromatic carbocycles. The lowest BCUT2D eigenvalue weighted by atomic mass is 9.97. The molecule has 0 heterocycles. The Hall–Kier alpha value is -0.0800. The molecule has 2 saturated carbocycles. The molecule has 2 aliphatic rings. The minimum atomic E-state index is -0.512. The summed E-state index contributed by atoms with van der Waals surface area (Å²) >= 11 is 0. The Labute approximate surface area is 93.5 Å². The maximum Gasteiger partial charge on any atom is 0.0603 e. The minimum Gasteiger partial charge on any atom is -0.390 e. The molecule has 0 spiro atoms. The zero-order valence-corrected chi connectivity index (χ0v) is 10.1. The number of rotatable bonds is 7. The smallest absolute Gasteiger partial charge is 0.0603 e. The molecule has 2 fully saturated rings. The average Bonchev–Trinajstić information content (AvgIpc) is 2.98. The Bertz CT molecular complexity index is 189. The van der Waals surface area contributed by atoms with Crippen LogP contribution in [0.2, 0.25) is 0 Å². The van der Waals surface area contributed by atoms with Crippen LogP contribution in [0.25, 0.3) is 0 Å².